The van der Waals surface area contributed by atoms with E-state index in [1.54, 1.807) is 0 Å². The zero-order chi connectivity index (χ0) is 17.9. The van der Waals surface area contributed by atoms with E-state index in [1.807, 2.05) is 43.3 Å². The summed E-state index contributed by atoms with van der Waals surface area (Å²) in [5.74, 6) is 0.587. The molecule has 3 aromatic rings. The number of fused-ring (bicyclic) bond motifs is 2. The van der Waals surface area contributed by atoms with Crippen molar-refractivity contribution in [2.24, 2.45) is 0 Å². The van der Waals surface area contributed by atoms with Crippen LogP contribution in [0.4, 0.5) is 0 Å². The highest BCUT2D eigenvalue weighted by Gasteiger charge is 2.20. The van der Waals surface area contributed by atoms with Gasteiger partial charge in [0.2, 0.25) is 0 Å². The number of para-hydroxylation sites is 1. The number of rotatable bonds is 3. The van der Waals surface area contributed by atoms with Crippen LogP contribution >= 0.6 is 0 Å². The van der Waals surface area contributed by atoms with E-state index < -0.39 is 0 Å². The van der Waals surface area contributed by atoms with Crippen molar-refractivity contribution in [1.82, 2.24) is 10.6 Å². The van der Waals surface area contributed by atoms with Crippen LogP contribution in [0.5, 0.6) is 5.75 Å². The molecule has 0 unspecified atom stereocenters. The van der Waals surface area contributed by atoms with Crippen molar-refractivity contribution in [2.75, 3.05) is 13.2 Å². The Bertz CT molecular complexity index is 947. The van der Waals surface area contributed by atoms with Gasteiger partial charge in [-0.25, -0.2) is 0 Å². The third-order valence-corrected chi connectivity index (χ3v) is 4.82. The van der Waals surface area contributed by atoms with E-state index in [1.165, 1.54) is 5.39 Å². The van der Waals surface area contributed by atoms with E-state index >= 15 is 0 Å². The van der Waals surface area contributed by atoms with Gasteiger partial charge in [0.1, 0.15) is 12.4 Å². The number of nitrogens with one attached hydrogen (secondary N) is 2. The van der Waals surface area contributed by atoms with Crippen LogP contribution in [-0.2, 0) is 6.54 Å². The van der Waals surface area contributed by atoms with E-state index in [0.717, 1.165) is 29.6 Å². The molecule has 0 fully saturated rings. The van der Waals surface area contributed by atoms with E-state index in [0.29, 0.717) is 17.9 Å². The molecule has 0 saturated carbocycles. The zero-order valence-corrected chi connectivity index (χ0v) is 14.8. The van der Waals surface area contributed by atoms with Gasteiger partial charge in [-0.05, 0) is 29.3 Å². The Balaban J connectivity index is 1.62. The minimum Gasteiger partial charge on any atom is -0.491 e. The molecule has 0 radical (unpaired) electrons. The fourth-order valence-corrected chi connectivity index (χ4v) is 3.50. The molecule has 26 heavy (non-hydrogen) atoms. The average Bonchev–Trinajstić information content (AvgIpc) is 2.92. The summed E-state index contributed by atoms with van der Waals surface area (Å²) >= 11 is 0. The normalized spacial score (nSPS) is 14.8. The number of carbonyl (C=O) groups is 1. The summed E-state index contributed by atoms with van der Waals surface area (Å²) in [4.78, 5) is 12.9. The van der Waals surface area contributed by atoms with E-state index in [9.17, 15) is 4.79 Å². The highest BCUT2D eigenvalue weighted by atomic mass is 16.5. The quantitative estimate of drug-likeness (QED) is 0.758. The maximum absolute atomic E-state index is 12.9. The third-order valence-electron chi connectivity index (χ3n) is 4.82. The third kappa shape index (κ3) is 3.16. The SMILES string of the molecule is C[C@H](NC(=O)c1cccc2c1OCCNC2)c1cccc2ccccc12. The predicted molar refractivity (Wildman–Crippen MR) is 103 cm³/mol. The van der Waals surface area contributed by atoms with Crippen LogP contribution in [0.2, 0.25) is 0 Å². The Kier molecular flexibility index (Phi) is 4.59. The molecular weight excluding hydrogens is 324 g/mol. The molecule has 0 aromatic heterocycles. The van der Waals surface area contributed by atoms with Crippen molar-refractivity contribution in [3.63, 3.8) is 0 Å². The van der Waals surface area contributed by atoms with Crippen LogP contribution in [0.15, 0.2) is 60.7 Å². The standard InChI is InChI=1S/C22H22N2O2/c1-15(18-10-4-7-16-6-2-3-9-19(16)18)24-22(25)20-11-5-8-17-14-23-12-13-26-21(17)20/h2-11,15,23H,12-14H2,1H3,(H,24,25)/t15-/m0/s1. The largest absolute Gasteiger partial charge is 0.491 e. The lowest BCUT2D eigenvalue weighted by Crippen LogP contribution is -2.27. The molecule has 0 saturated heterocycles. The highest BCUT2D eigenvalue weighted by Crippen LogP contribution is 2.28. The molecule has 3 aromatic carbocycles. The molecule has 132 valence electrons. The number of hydrogen-bond donors (Lipinski definition) is 2. The maximum atomic E-state index is 12.9. The topological polar surface area (TPSA) is 50.4 Å². The van der Waals surface area contributed by atoms with Gasteiger partial charge in [-0.2, -0.15) is 0 Å². The lowest BCUT2D eigenvalue weighted by Gasteiger charge is -2.18. The Labute approximate surface area is 153 Å². The van der Waals surface area contributed by atoms with Gasteiger partial charge in [0, 0.05) is 18.7 Å². The summed E-state index contributed by atoms with van der Waals surface area (Å²) in [6, 6.07) is 20.1. The lowest BCUT2D eigenvalue weighted by molar-refractivity contribution is 0.0936. The zero-order valence-electron chi connectivity index (χ0n) is 14.8. The second kappa shape index (κ2) is 7.18. The minimum atomic E-state index is -0.107. The molecule has 0 aliphatic carbocycles. The van der Waals surface area contributed by atoms with Gasteiger partial charge >= 0.3 is 0 Å². The molecular formula is C22H22N2O2. The average molecular weight is 346 g/mol. The summed E-state index contributed by atoms with van der Waals surface area (Å²) in [6.07, 6.45) is 0. The van der Waals surface area contributed by atoms with Crippen LogP contribution in [0.3, 0.4) is 0 Å². The summed E-state index contributed by atoms with van der Waals surface area (Å²) in [5, 5.41) is 8.77. The van der Waals surface area contributed by atoms with E-state index in [4.69, 9.17) is 4.74 Å². The molecule has 1 aliphatic heterocycles. The van der Waals surface area contributed by atoms with Crippen molar-refractivity contribution < 1.29 is 9.53 Å². The fourth-order valence-electron chi connectivity index (χ4n) is 3.50. The summed E-state index contributed by atoms with van der Waals surface area (Å²) in [5.41, 5.74) is 2.73. The fraction of sp³-hybridized carbons (Fsp3) is 0.227. The van der Waals surface area contributed by atoms with Crippen molar-refractivity contribution in [2.45, 2.75) is 19.5 Å². The number of amides is 1. The second-order valence-corrected chi connectivity index (χ2v) is 6.58. The molecule has 2 N–H and O–H groups in total. The van der Waals surface area contributed by atoms with Crippen LogP contribution < -0.4 is 15.4 Å². The first-order valence-electron chi connectivity index (χ1n) is 8.98. The molecule has 1 heterocycles. The van der Waals surface area contributed by atoms with Crippen LogP contribution in [0, 0.1) is 0 Å². The Hall–Kier alpha value is -2.85. The van der Waals surface area contributed by atoms with Gasteiger partial charge < -0.3 is 15.4 Å². The Morgan fingerprint density at radius 2 is 1.88 bits per heavy atom. The first-order valence-corrected chi connectivity index (χ1v) is 8.98. The lowest BCUT2D eigenvalue weighted by atomic mass is 9.99. The molecule has 1 amide bonds. The molecule has 4 heteroatoms. The summed E-state index contributed by atoms with van der Waals surface area (Å²) < 4.78 is 5.83. The van der Waals surface area contributed by atoms with Gasteiger partial charge in [0.15, 0.2) is 0 Å². The molecule has 0 spiro atoms. The monoisotopic (exact) mass is 346 g/mol. The van der Waals surface area contributed by atoms with E-state index in [2.05, 4.69) is 34.9 Å². The molecule has 4 nitrogen and oxygen atoms in total. The highest BCUT2D eigenvalue weighted by molar-refractivity contribution is 5.98. The van der Waals surface area contributed by atoms with Crippen LogP contribution in [-0.4, -0.2) is 19.1 Å². The Morgan fingerprint density at radius 3 is 2.81 bits per heavy atom. The summed E-state index contributed by atoms with van der Waals surface area (Å²) in [6.45, 7) is 4.08. The van der Waals surface area contributed by atoms with E-state index in [-0.39, 0.29) is 11.9 Å². The number of carbonyl (C=O) groups excluding carboxylic acids is 1. The van der Waals surface area contributed by atoms with Gasteiger partial charge in [0.05, 0.1) is 11.6 Å². The van der Waals surface area contributed by atoms with Crippen LogP contribution in [0.1, 0.15) is 34.5 Å². The smallest absolute Gasteiger partial charge is 0.255 e. The number of hydrogen-bond acceptors (Lipinski definition) is 3. The minimum absolute atomic E-state index is 0.103. The molecule has 0 bridgehead atoms. The van der Waals surface area contributed by atoms with Crippen molar-refractivity contribution >= 4 is 16.7 Å². The van der Waals surface area contributed by atoms with Gasteiger partial charge in [-0.3, -0.25) is 4.79 Å². The second-order valence-electron chi connectivity index (χ2n) is 6.58. The van der Waals surface area contributed by atoms with Gasteiger partial charge in [0.25, 0.3) is 5.91 Å². The number of benzene rings is 3. The van der Waals surface area contributed by atoms with Crippen molar-refractivity contribution in [1.29, 1.82) is 0 Å². The Morgan fingerprint density at radius 1 is 1.08 bits per heavy atom. The molecule has 1 aliphatic rings. The van der Waals surface area contributed by atoms with Gasteiger partial charge in [-0.1, -0.05) is 54.6 Å². The first-order chi connectivity index (χ1) is 12.7. The van der Waals surface area contributed by atoms with Gasteiger partial charge in [-0.15, -0.1) is 0 Å². The van der Waals surface area contributed by atoms with Crippen molar-refractivity contribution in [3.05, 3.63) is 77.4 Å². The molecule has 1 atom stereocenters. The number of ether oxygens (including phenoxy) is 1. The predicted octanol–water partition coefficient (Wildman–Crippen LogP) is 3.81. The molecule has 4 rings (SSSR count). The summed E-state index contributed by atoms with van der Waals surface area (Å²) in [7, 11) is 0. The first kappa shape index (κ1) is 16.6. The maximum Gasteiger partial charge on any atom is 0.255 e. The van der Waals surface area contributed by atoms with Crippen molar-refractivity contribution in [3.8, 4) is 5.75 Å². The van der Waals surface area contributed by atoms with Crippen LogP contribution in [0.25, 0.3) is 10.8 Å².